The maximum absolute atomic E-state index is 4.57. The van der Waals surface area contributed by atoms with Crippen LogP contribution in [0.4, 0.5) is 0 Å². The summed E-state index contributed by atoms with van der Waals surface area (Å²) >= 11 is 0. The highest BCUT2D eigenvalue weighted by atomic mass is 14.9. The first-order chi connectivity index (χ1) is 9.06. The van der Waals surface area contributed by atoms with Gasteiger partial charge in [-0.3, -0.25) is 9.97 Å². The highest BCUT2D eigenvalue weighted by Crippen LogP contribution is 2.21. The predicted octanol–water partition coefficient (Wildman–Crippen LogP) is 3.38. The van der Waals surface area contributed by atoms with Gasteiger partial charge in [0.15, 0.2) is 0 Å². The van der Waals surface area contributed by atoms with E-state index in [-0.39, 0.29) is 0 Å². The minimum absolute atomic E-state index is 0.763. The van der Waals surface area contributed by atoms with Crippen LogP contribution in [0.5, 0.6) is 0 Å². The molecule has 0 unspecified atom stereocenters. The number of rotatable bonds is 4. The van der Waals surface area contributed by atoms with Crippen LogP contribution >= 0.6 is 0 Å². The Bertz CT molecular complexity index is 603. The minimum Gasteiger partial charge on any atom is -0.385 e. The van der Waals surface area contributed by atoms with E-state index in [1.54, 1.807) is 0 Å². The van der Waals surface area contributed by atoms with Crippen molar-refractivity contribution in [3.8, 4) is 11.3 Å². The first-order valence-corrected chi connectivity index (χ1v) is 6.34. The molecule has 0 radical (unpaired) electrons. The van der Waals surface area contributed by atoms with Crippen LogP contribution in [0.2, 0.25) is 0 Å². The zero-order valence-electron chi connectivity index (χ0n) is 11.7. The average Bonchev–Trinajstić information content (AvgIpc) is 2.36. The summed E-state index contributed by atoms with van der Waals surface area (Å²) in [5.74, 6) is 0. The molecule has 0 spiro atoms. The second-order valence-corrected chi connectivity index (χ2v) is 4.83. The molecule has 3 heteroatoms. The van der Waals surface area contributed by atoms with Gasteiger partial charge in [0.05, 0.1) is 5.69 Å². The Balaban J connectivity index is 2.26. The van der Waals surface area contributed by atoms with Crippen molar-refractivity contribution >= 4 is 0 Å². The van der Waals surface area contributed by atoms with Gasteiger partial charge < -0.3 is 5.32 Å². The molecular weight excluding hydrogens is 234 g/mol. The third-order valence-corrected chi connectivity index (χ3v) is 2.90. The SMILES string of the molecule is C=C(C)NCc1cnc(-c2ccnc(C)c2)c(C)c1. The maximum Gasteiger partial charge on any atom is 0.0732 e. The third kappa shape index (κ3) is 3.41. The number of nitrogens with zero attached hydrogens (tertiary/aromatic N) is 2. The number of allylic oxidation sites excluding steroid dienone is 1. The van der Waals surface area contributed by atoms with Gasteiger partial charge >= 0.3 is 0 Å². The van der Waals surface area contributed by atoms with Crippen molar-refractivity contribution in [2.45, 2.75) is 27.3 Å². The van der Waals surface area contributed by atoms with E-state index in [9.17, 15) is 0 Å². The van der Waals surface area contributed by atoms with Crippen LogP contribution in [0, 0.1) is 13.8 Å². The fourth-order valence-corrected chi connectivity index (χ4v) is 1.98. The van der Waals surface area contributed by atoms with Crippen LogP contribution in [0.3, 0.4) is 0 Å². The van der Waals surface area contributed by atoms with Gasteiger partial charge in [-0.1, -0.05) is 12.6 Å². The van der Waals surface area contributed by atoms with Gasteiger partial charge in [0.1, 0.15) is 0 Å². The van der Waals surface area contributed by atoms with E-state index in [0.717, 1.165) is 34.8 Å². The molecule has 0 fully saturated rings. The highest BCUT2D eigenvalue weighted by Gasteiger charge is 2.05. The Morgan fingerprint density at radius 3 is 2.68 bits per heavy atom. The standard InChI is InChI=1S/C16H19N3/c1-11(2)18-9-14-7-12(3)16(19-10-14)15-5-6-17-13(4)8-15/h5-8,10,18H,1,9H2,2-4H3. The second-order valence-electron chi connectivity index (χ2n) is 4.83. The molecule has 0 aliphatic carbocycles. The molecule has 19 heavy (non-hydrogen) atoms. The largest absolute Gasteiger partial charge is 0.385 e. The monoisotopic (exact) mass is 253 g/mol. The molecule has 0 aliphatic heterocycles. The Hall–Kier alpha value is -2.16. The molecule has 0 aliphatic rings. The van der Waals surface area contributed by atoms with Crippen LogP contribution in [0.1, 0.15) is 23.7 Å². The first-order valence-electron chi connectivity index (χ1n) is 6.34. The number of nitrogens with one attached hydrogen (secondary N) is 1. The molecule has 2 aromatic heterocycles. The second kappa shape index (κ2) is 5.65. The molecule has 0 amide bonds. The van der Waals surface area contributed by atoms with Crippen LogP contribution in [0.15, 0.2) is 42.9 Å². The molecule has 2 aromatic rings. The molecule has 2 heterocycles. The lowest BCUT2D eigenvalue weighted by molar-refractivity contribution is 0.810. The third-order valence-electron chi connectivity index (χ3n) is 2.90. The molecule has 0 atom stereocenters. The van der Waals surface area contributed by atoms with E-state index in [1.807, 2.05) is 32.3 Å². The normalized spacial score (nSPS) is 10.3. The number of hydrogen-bond donors (Lipinski definition) is 1. The summed E-state index contributed by atoms with van der Waals surface area (Å²) in [7, 11) is 0. The Morgan fingerprint density at radius 2 is 2.05 bits per heavy atom. The van der Waals surface area contributed by atoms with E-state index < -0.39 is 0 Å². The lowest BCUT2D eigenvalue weighted by Gasteiger charge is -2.09. The number of hydrogen-bond acceptors (Lipinski definition) is 3. The topological polar surface area (TPSA) is 37.8 Å². The van der Waals surface area contributed by atoms with Gasteiger partial charge in [0, 0.05) is 35.9 Å². The molecule has 98 valence electrons. The number of aryl methyl sites for hydroxylation is 2. The summed E-state index contributed by atoms with van der Waals surface area (Å²) in [6, 6.07) is 6.21. The van der Waals surface area contributed by atoms with Crippen molar-refractivity contribution in [2.24, 2.45) is 0 Å². The van der Waals surface area contributed by atoms with E-state index in [1.165, 1.54) is 5.56 Å². The van der Waals surface area contributed by atoms with Gasteiger partial charge in [0.25, 0.3) is 0 Å². The average molecular weight is 253 g/mol. The molecular formula is C16H19N3. The van der Waals surface area contributed by atoms with Crippen molar-refractivity contribution in [2.75, 3.05) is 0 Å². The Labute approximate surface area is 114 Å². The molecule has 1 N–H and O–H groups in total. The van der Waals surface area contributed by atoms with Gasteiger partial charge in [-0.25, -0.2) is 0 Å². The van der Waals surface area contributed by atoms with Crippen molar-refractivity contribution < 1.29 is 0 Å². The van der Waals surface area contributed by atoms with Crippen molar-refractivity contribution in [3.63, 3.8) is 0 Å². The zero-order chi connectivity index (χ0) is 13.8. The van der Waals surface area contributed by atoms with Gasteiger partial charge in [-0.05, 0) is 44.0 Å². The fourth-order valence-electron chi connectivity index (χ4n) is 1.98. The summed E-state index contributed by atoms with van der Waals surface area (Å²) < 4.78 is 0. The number of pyridine rings is 2. The molecule has 2 rings (SSSR count). The summed E-state index contributed by atoms with van der Waals surface area (Å²) in [6.07, 6.45) is 3.73. The van der Waals surface area contributed by atoms with Crippen LogP contribution in [-0.2, 0) is 6.54 Å². The highest BCUT2D eigenvalue weighted by molar-refractivity contribution is 5.62. The van der Waals surface area contributed by atoms with E-state index in [0.29, 0.717) is 0 Å². The lowest BCUT2D eigenvalue weighted by Crippen LogP contribution is -2.09. The molecule has 0 aromatic carbocycles. The molecule has 0 bridgehead atoms. The maximum atomic E-state index is 4.57. The summed E-state index contributed by atoms with van der Waals surface area (Å²) in [5, 5.41) is 3.21. The molecule has 0 saturated heterocycles. The minimum atomic E-state index is 0.763. The predicted molar refractivity (Wildman–Crippen MR) is 78.6 cm³/mol. The molecule has 0 saturated carbocycles. The van der Waals surface area contributed by atoms with Gasteiger partial charge in [0.2, 0.25) is 0 Å². The fraction of sp³-hybridized carbons (Fsp3) is 0.250. The van der Waals surface area contributed by atoms with Crippen LogP contribution in [0.25, 0.3) is 11.3 Å². The van der Waals surface area contributed by atoms with E-state index in [4.69, 9.17) is 0 Å². The van der Waals surface area contributed by atoms with Crippen molar-refractivity contribution in [3.05, 3.63) is 59.7 Å². The lowest BCUT2D eigenvalue weighted by atomic mass is 10.1. The quantitative estimate of drug-likeness (QED) is 0.907. The Kier molecular flexibility index (Phi) is 3.95. The van der Waals surface area contributed by atoms with E-state index in [2.05, 4.69) is 40.9 Å². The summed E-state index contributed by atoms with van der Waals surface area (Å²) in [6.45, 7) is 10.6. The summed E-state index contributed by atoms with van der Waals surface area (Å²) in [4.78, 5) is 8.78. The summed E-state index contributed by atoms with van der Waals surface area (Å²) in [5.41, 5.74) is 6.44. The van der Waals surface area contributed by atoms with Crippen LogP contribution in [-0.4, -0.2) is 9.97 Å². The molecule has 3 nitrogen and oxygen atoms in total. The van der Waals surface area contributed by atoms with Crippen molar-refractivity contribution in [1.29, 1.82) is 0 Å². The number of aromatic nitrogens is 2. The van der Waals surface area contributed by atoms with Crippen LogP contribution < -0.4 is 5.32 Å². The zero-order valence-corrected chi connectivity index (χ0v) is 11.7. The van der Waals surface area contributed by atoms with Crippen molar-refractivity contribution in [1.82, 2.24) is 15.3 Å². The van der Waals surface area contributed by atoms with Gasteiger partial charge in [-0.15, -0.1) is 0 Å². The van der Waals surface area contributed by atoms with Gasteiger partial charge in [-0.2, -0.15) is 0 Å². The smallest absolute Gasteiger partial charge is 0.0732 e. The van der Waals surface area contributed by atoms with E-state index >= 15 is 0 Å². The first kappa shape index (κ1) is 13.3. The Morgan fingerprint density at radius 1 is 1.26 bits per heavy atom.